The summed E-state index contributed by atoms with van der Waals surface area (Å²) in [6, 6.07) is 11.2. The minimum Gasteiger partial charge on any atom is -0.507 e. The number of aliphatic hydroxyl groups excluding tert-OH is 1. The van der Waals surface area contributed by atoms with Crippen molar-refractivity contribution in [1.82, 2.24) is 4.98 Å². The van der Waals surface area contributed by atoms with Gasteiger partial charge in [-0.3, -0.25) is 19.5 Å². The molecule has 2 aliphatic rings. The Hall–Kier alpha value is -4.54. The molecule has 1 saturated heterocycles. The van der Waals surface area contributed by atoms with Crippen LogP contribution >= 0.6 is 0 Å². The van der Waals surface area contributed by atoms with Gasteiger partial charge in [-0.2, -0.15) is 0 Å². The molecular weight excluding hydrogens is 481 g/mol. The van der Waals surface area contributed by atoms with E-state index in [4.69, 9.17) is 9.47 Å². The molecule has 8 nitrogen and oxygen atoms in total. The van der Waals surface area contributed by atoms with Crippen LogP contribution in [-0.2, 0) is 9.59 Å². The molecule has 2 aliphatic heterocycles. The maximum Gasteiger partial charge on any atom is 0.573 e. The van der Waals surface area contributed by atoms with Crippen LogP contribution < -0.4 is 19.1 Å². The minimum absolute atomic E-state index is 0.0260. The molecule has 5 rings (SSSR count). The van der Waals surface area contributed by atoms with E-state index in [0.29, 0.717) is 30.3 Å². The number of ketones is 1. The van der Waals surface area contributed by atoms with Crippen molar-refractivity contribution < 1.29 is 42.1 Å². The number of Topliss-reactive ketones (excluding diaryl/α,β-unsaturated/α-hetero) is 1. The molecule has 0 radical (unpaired) electrons. The summed E-state index contributed by atoms with van der Waals surface area (Å²) >= 11 is 0. The van der Waals surface area contributed by atoms with Crippen LogP contribution in [0.3, 0.4) is 0 Å². The first kappa shape index (κ1) is 23.2. The lowest BCUT2D eigenvalue weighted by Crippen LogP contribution is -2.29. The van der Waals surface area contributed by atoms with Crippen LogP contribution in [0.5, 0.6) is 17.2 Å². The number of halogens is 3. The fraction of sp³-hybridized carbons (Fsp3) is 0.160. The first-order valence-electron chi connectivity index (χ1n) is 10.7. The lowest BCUT2D eigenvalue weighted by molar-refractivity contribution is -0.274. The zero-order valence-corrected chi connectivity index (χ0v) is 18.4. The predicted octanol–water partition coefficient (Wildman–Crippen LogP) is 4.38. The van der Waals surface area contributed by atoms with Gasteiger partial charge in [0, 0.05) is 29.7 Å². The Balaban J connectivity index is 1.65. The molecule has 3 aromatic rings. The van der Waals surface area contributed by atoms with Gasteiger partial charge in [-0.05, 0) is 48.0 Å². The van der Waals surface area contributed by atoms with Crippen molar-refractivity contribution in [2.45, 2.75) is 12.4 Å². The molecule has 3 heterocycles. The Labute approximate surface area is 202 Å². The second-order valence-electron chi connectivity index (χ2n) is 7.85. The van der Waals surface area contributed by atoms with Gasteiger partial charge < -0.3 is 19.3 Å². The van der Waals surface area contributed by atoms with Crippen LogP contribution in [0.15, 0.2) is 72.6 Å². The van der Waals surface area contributed by atoms with Crippen molar-refractivity contribution >= 4 is 23.1 Å². The zero-order chi connectivity index (χ0) is 25.4. The first-order valence-corrected chi connectivity index (χ1v) is 10.7. The smallest absolute Gasteiger partial charge is 0.507 e. The Kier molecular flexibility index (Phi) is 5.75. The summed E-state index contributed by atoms with van der Waals surface area (Å²) in [5.41, 5.74) is 0.336. The number of carbonyl (C=O) groups is 2. The van der Waals surface area contributed by atoms with E-state index < -0.39 is 35.6 Å². The zero-order valence-electron chi connectivity index (χ0n) is 18.4. The molecule has 1 amide bonds. The number of aromatic nitrogens is 1. The molecule has 1 atom stereocenters. The van der Waals surface area contributed by atoms with Gasteiger partial charge in [0.1, 0.15) is 24.7 Å². The molecule has 36 heavy (non-hydrogen) atoms. The Morgan fingerprint density at radius 1 is 1.00 bits per heavy atom. The monoisotopic (exact) mass is 498 g/mol. The van der Waals surface area contributed by atoms with E-state index in [0.717, 1.165) is 17.0 Å². The highest BCUT2D eigenvalue weighted by atomic mass is 19.4. The van der Waals surface area contributed by atoms with Gasteiger partial charge in [0.25, 0.3) is 11.7 Å². The summed E-state index contributed by atoms with van der Waals surface area (Å²) in [6.07, 6.45) is -2.08. The van der Waals surface area contributed by atoms with Crippen LogP contribution in [0.1, 0.15) is 17.2 Å². The molecule has 0 saturated carbocycles. The number of carbonyl (C=O) groups excluding carboxylic acids is 2. The maximum absolute atomic E-state index is 13.2. The van der Waals surface area contributed by atoms with Crippen molar-refractivity contribution in [2.24, 2.45) is 0 Å². The molecule has 1 N–H and O–H groups in total. The number of amides is 1. The second-order valence-corrected chi connectivity index (χ2v) is 7.85. The van der Waals surface area contributed by atoms with E-state index in [1.54, 1.807) is 6.07 Å². The van der Waals surface area contributed by atoms with E-state index in [9.17, 15) is 27.9 Å². The fourth-order valence-electron chi connectivity index (χ4n) is 4.14. The number of hydrogen-bond acceptors (Lipinski definition) is 7. The topological polar surface area (TPSA) is 98.2 Å². The standard InChI is InChI=1S/C25H17F3N2O6/c26-25(27,28)36-17-3-1-2-16(13-17)30-21(14-6-8-29-9-7-14)20(23(32)24(30)33)22(31)15-4-5-18-19(12-15)35-11-10-34-18/h1-9,12-13,21,31H,10-11H2/b22-20-. The van der Waals surface area contributed by atoms with E-state index in [1.807, 2.05) is 0 Å². The summed E-state index contributed by atoms with van der Waals surface area (Å²) in [5.74, 6) is -2.26. The predicted molar refractivity (Wildman–Crippen MR) is 120 cm³/mol. The molecule has 184 valence electrons. The Morgan fingerprint density at radius 3 is 2.44 bits per heavy atom. The average molecular weight is 498 g/mol. The molecule has 0 spiro atoms. The Morgan fingerprint density at radius 2 is 1.72 bits per heavy atom. The molecule has 0 bridgehead atoms. The third-order valence-corrected chi connectivity index (χ3v) is 5.61. The lowest BCUT2D eigenvalue weighted by Gasteiger charge is -2.26. The van der Waals surface area contributed by atoms with Crippen LogP contribution in [0.2, 0.25) is 0 Å². The summed E-state index contributed by atoms with van der Waals surface area (Å²) in [7, 11) is 0. The largest absolute Gasteiger partial charge is 0.573 e. The molecule has 1 fully saturated rings. The van der Waals surface area contributed by atoms with Gasteiger partial charge in [0.2, 0.25) is 0 Å². The van der Waals surface area contributed by atoms with Crippen LogP contribution in [0, 0.1) is 0 Å². The summed E-state index contributed by atoms with van der Waals surface area (Å²) < 4.78 is 53.4. The van der Waals surface area contributed by atoms with Crippen LogP contribution in [0.25, 0.3) is 5.76 Å². The maximum atomic E-state index is 13.2. The number of nitrogens with zero attached hydrogens (tertiary/aromatic N) is 2. The Bertz CT molecular complexity index is 1370. The molecular formula is C25H17F3N2O6. The third kappa shape index (κ3) is 4.30. The lowest BCUT2D eigenvalue weighted by atomic mass is 9.95. The molecule has 1 aromatic heterocycles. The number of aliphatic hydroxyl groups is 1. The van der Waals surface area contributed by atoms with Crippen molar-refractivity contribution in [2.75, 3.05) is 18.1 Å². The van der Waals surface area contributed by atoms with E-state index in [1.165, 1.54) is 48.8 Å². The summed E-state index contributed by atoms with van der Waals surface area (Å²) in [5, 5.41) is 11.2. The van der Waals surface area contributed by atoms with E-state index >= 15 is 0 Å². The molecule has 11 heteroatoms. The highest BCUT2D eigenvalue weighted by Crippen LogP contribution is 2.44. The van der Waals surface area contributed by atoms with Crippen molar-refractivity contribution in [3.8, 4) is 17.2 Å². The van der Waals surface area contributed by atoms with Gasteiger partial charge in [-0.15, -0.1) is 13.2 Å². The number of anilines is 1. The first-order chi connectivity index (χ1) is 17.2. The SMILES string of the molecule is O=C1C(=O)N(c2cccc(OC(F)(F)F)c2)C(c2ccncc2)/C1=C(/O)c1ccc2c(c1)OCCO2. The van der Waals surface area contributed by atoms with Gasteiger partial charge in [0.05, 0.1) is 11.6 Å². The van der Waals surface area contributed by atoms with Gasteiger partial charge in [-0.1, -0.05) is 6.07 Å². The minimum atomic E-state index is -4.95. The normalized spacial score (nSPS) is 18.9. The van der Waals surface area contributed by atoms with E-state index in [2.05, 4.69) is 9.72 Å². The highest BCUT2D eigenvalue weighted by Gasteiger charge is 2.47. The van der Waals surface area contributed by atoms with Crippen LogP contribution in [0.4, 0.5) is 18.9 Å². The van der Waals surface area contributed by atoms with Crippen molar-refractivity contribution in [3.63, 3.8) is 0 Å². The number of alkyl halides is 3. The van der Waals surface area contributed by atoms with Gasteiger partial charge in [0.15, 0.2) is 11.5 Å². The quantitative estimate of drug-likeness (QED) is 0.324. The summed E-state index contributed by atoms with van der Waals surface area (Å²) in [6.45, 7) is 0.664. The van der Waals surface area contributed by atoms with Gasteiger partial charge >= 0.3 is 6.36 Å². The fourth-order valence-corrected chi connectivity index (χ4v) is 4.14. The average Bonchev–Trinajstić information content (AvgIpc) is 3.13. The van der Waals surface area contributed by atoms with Crippen molar-refractivity contribution in [1.29, 1.82) is 0 Å². The number of hydrogen-bond donors (Lipinski definition) is 1. The number of pyridine rings is 1. The van der Waals surface area contributed by atoms with E-state index in [-0.39, 0.29) is 16.8 Å². The number of benzene rings is 2. The van der Waals surface area contributed by atoms with Crippen molar-refractivity contribution in [3.05, 3.63) is 83.7 Å². The second kappa shape index (κ2) is 8.91. The molecule has 0 aliphatic carbocycles. The number of ether oxygens (including phenoxy) is 3. The summed E-state index contributed by atoms with van der Waals surface area (Å²) in [4.78, 5) is 31.3. The highest BCUT2D eigenvalue weighted by molar-refractivity contribution is 6.51. The molecule has 1 unspecified atom stereocenters. The molecule has 2 aromatic carbocycles. The number of rotatable bonds is 4. The number of fused-ring (bicyclic) bond motifs is 1. The van der Waals surface area contributed by atoms with Crippen LogP contribution in [-0.4, -0.2) is 41.4 Å². The van der Waals surface area contributed by atoms with Gasteiger partial charge in [-0.25, -0.2) is 0 Å². The third-order valence-electron chi connectivity index (χ3n) is 5.61.